The van der Waals surface area contributed by atoms with Crippen LogP contribution < -0.4 is 0 Å². The Labute approximate surface area is 365 Å². The lowest BCUT2D eigenvalue weighted by Crippen LogP contribution is -2.04. The van der Waals surface area contributed by atoms with Crippen molar-refractivity contribution in [3.63, 3.8) is 0 Å². The molecular formula is C57H34N4OS. The van der Waals surface area contributed by atoms with Crippen LogP contribution in [0.2, 0.25) is 0 Å². The summed E-state index contributed by atoms with van der Waals surface area (Å²) in [4.78, 5) is 15.7. The van der Waals surface area contributed by atoms with Gasteiger partial charge in [0.1, 0.15) is 11.2 Å². The molecule has 0 aliphatic rings. The zero-order valence-electron chi connectivity index (χ0n) is 33.7. The van der Waals surface area contributed by atoms with Gasteiger partial charge in [-0.1, -0.05) is 164 Å². The maximum atomic E-state index is 6.35. The quantitative estimate of drug-likeness (QED) is 0.168. The molecule has 0 fully saturated rings. The summed E-state index contributed by atoms with van der Waals surface area (Å²) < 4.78 is 11.4. The highest BCUT2D eigenvalue weighted by Gasteiger charge is 2.25. The maximum absolute atomic E-state index is 6.35. The molecule has 0 atom stereocenters. The SMILES string of the molecule is c1ccc(-c2nc(-c3cc(-c4ccccc4)c(-n4c5ccccc5c5ccc6c7ccccc7sc6c54)c(-c4ccccc4)c3)nc(-c3ccc4c(c3)oc3ccccc34)n2)cc1. The Bertz CT molecular complexity index is 3850. The molecule has 0 amide bonds. The Hall–Kier alpha value is -8.19. The molecule has 13 aromatic rings. The lowest BCUT2D eigenvalue weighted by atomic mass is 9.92. The molecule has 63 heavy (non-hydrogen) atoms. The fourth-order valence-corrected chi connectivity index (χ4v) is 10.6. The Morgan fingerprint density at radius 2 is 0.889 bits per heavy atom. The van der Waals surface area contributed by atoms with Crippen LogP contribution in [0.3, 0.4) is 0 Å². The molecule has 0 aliphatic carbocycles. The molecule has 0 saturated heterocycles. The van der Waals surface area contributed by atoms with Crippen LogP contribution >= 0.6 is 11.3 Å². The van der Waals surface area contributed by atoms with Gasteiger partial charge < -0.3 is 8.98 Å². The van der Waals surface area contributed by atoms with Crippen molar-refractivity contribution in [3.8, 4) is 62.1 Å². The summed E-state index contributed by atoms with van der Waals surface area (Å²) in [5, 5.41) is 7.11. The van der Waals surface area contributed by atoms with Crippen LogP contribution in [-0.2, 0) is 0 Å². The van der Waals surface area contributed by atoms with E-state index in [4.69, 9.17) is 19.4 Å². The van der Waals surface area contributed by atoms with Crippen molar-refractivity contribution in [2.45, 2.75) is 0 Å². The van der Waals surface area contributed by atoms with Crippen molar-refractivity contribution in [1.82, 2.24) is 19.5 Å². The van der Waals surface area contributed by atoms with Gasteiger partial charge in [0, 0.05) is 64.8 Å². The zero-order valence-corrected chi connectivity index (χ0v) is 34.6. The minimum absolute atomic E-state index is 0.572. The molecule has 13 rings (SSSR count). The number of hydrogen-bond donors (Lipinski definition) is 0. The van der Waals surface area contributed by atoms with Crippen LogP contribution in [0.25, 0.3) is 126 Å². The van der Waals surface area contributed by atoms with Crippen molar-refractivity contribution in [2.75, 3.05) is 0 Å². The van der Waals surface area contributed by atoms with E-state index in [9.17, 15) is 0 Å². The highest BCUT2D eigenvalue weighted by atomic mass is 32.1. The van der Waals surface area contributed by atoms with Crippen LogP contribution in [0.15, 0.2) is 211 Å². The molecule has 0 saturated carbocycles. The first kappa shape index (κ1) is 35.6. The third-order valence-corrected chi connectivity index (χ3v) is 13.4. The van der Waals surface area contributed by atoms with Crippen molar-refractivity contribution >= 4 is 75.3 Å². The molecule has 0 bridgehead atoms. The fourth-order valence-electron chi connectivity index (χ4n) is 9.36. The van der Waals surface area contributed by atoms with E-state index in [0.29, 0.717) is 17.5 Å². The molecule has 0 radical (unpaired) electrons. The Morgan fingerprint density at radius 3 is 1.60 bits per heavy atom. The molecular weight excluding hydrogens is 789 g/mol. The summed E-state index contributed by atoms with van der Waals surface area (Å²) in [5.74, 6) is 1.75. The summed E-state index contributed by atoms with van der Waals surface area (Å²) in [6.07, 6.45) is 0. The van der Waals surface area contributed by atoms with Gasteiger partial charge in [0.15, 0.2) is 17.5 Å². The summed E-state index contributed by atoms with van der Waals surface area (Å²) in [6.45, 7) is 0. The number of thiophene rings is 1. The lowest BCUT2D eigenvalue weighted by molar-refractivity contribution is 0.669. The third-order valence-electron chi connectivity index (χ3n) is 12.2. The van der Waals surface area contributed by atoms with Gasteiger partial charge in [-0.25, -0.2) is 15.0 Å². The van der Waals surface area contributed by atoms with Crippen molar-refractivity contribution in [3.05, 3.63) is 206 Å². The average Bonchev–Trinajstić information content (AvgIpc) is 4.04. The predicted octanol–water partition coefficient (Wildman–Crippen LogP) is 15.6. The summed E-state index contributed by atoms with van der Waals surface area (Å²) in [7, 11) is 0. The Balaban J connectivity index is 1.13. The highest BCUT2D eigenvalue weighted by Crippen LogP contribution is 2.47. The lowest BCUT2D eigenvalue weighted by Gasteiger charge is -2.21. The number of fused-ring (bicyclic) bond motifs is 10. The number of hydrogen-bond acceptors (Lipinski definition) is 5. The Morgan fingerprint density at radius 1 is 0.365 bits per heavy atom. The summed E-state index contributed by atoms with van der Waals surface area (Å²) >= 11 is 1.86. The fraction of sp³-hybridized carbons (Fsp3) is 0. The largest absolute Gasteiger partial charge is 0.456 e. The maximum Gasteiger partial charge on any atom is 0.164 e. The van der Waals surface area contributed by atoms with Crippen LogP contribution in [-0.4, -0.2) is 19.5 Å². The molecule has 5 nitrogen and oxygen atoms in total. The number of benzene rings is 9. The second-order valence-electron chi connectivity index (χ2n) is 15.9. The van der Waals surface area contributed by atoms with E-state index in [1.54, 1.807) is 0 Å². The van der Waals surface area contributed by atoms with E-state index < -0.39 is 0 Å². The van der Waals surface area contributed by atoms with Gasteiger partial charge in [-0.05, 0) is 53.6 Å². The smallest absolute Gasteiger partial charge is 0.164 e. The number of furan rings is 1. The molecule has 4 heterocycles. The van der Waals surface area contributed by atoms with E-state index in [2.05, 4.69) is 168 Å². The first-order valence-electron chi connectivity index (χ1n) is 21.1. The molecule has 0 N–H and O–H groups in total. The van der Waals surface area contributed by atoms with E-state index in [0.717, 1.165) is 72.1 Å². The van der Waals surface area contributed by atoms with E-state index in [1.165, 1.54) is 36.5 Å². The van der Waals surface area contributed by atoms with Crippen LogP contribution in [0.1, 0.15) is 0 Å². The number of nitrogens with zero attached hydrogens (tertiary/aromatic N) is 4. The second kappa shape index (κ2) is 14.2. The summed E-state index contributed by atoms with van der Waals surface area (Å²) in [5.41, 5.74) is 12.1. The van der Waals surface area contributed by atoms with Gasteiger partial charge >= 0.3 is 0 Å². The minimum Gasteiger partial charge on any atom is -0.456 e. The molecule has 0 unspecified atom stereocenters. The Kier molecular flexibility index (Phi) is 8.01. The molecule has 4 aromatic heterocycles. The van der Waals surface area contributed by atoms with Crippen molar-refractivity contribution in [1.29, 1.82) is 0 Å². The standard InChI is InChI=1S/C57H34N4OS/c1-4-16-35(17-5-1)46-32-39(57-59-55(37-20-8-3-9-21-37)58-56(60-57)38-28-29-42-41-23-11-14-26-49(41)62-50(42)34-38)33-47(36-18-6-2-7-19-36)52(46)61-48-25-13-10-22-40(48)44-30-31-45-43-24-12-15-27-51(43)63-54(45)53(44)61/h1-34H. The van der Waals surface area contributed by atoms with Gasteiger partial charge in [0.25, 0.3) is 0 Å². The van der Waals surface area contributed by atoms with E-state index in [1.807, 2.05) is 53.8 Å². The van der Waals surface area contributed by atoms with Gasteiger partial charge in [-0.15, -0.1) is 11.3 Å². The number of para-hydroxylation sites is 2. The van der Waals surface area contributed by atoms with Crippen molar-refractivity contribution in [2.24, 2.45) is 0 Å². The van der Waals surface area contributed by atoms with Crippen LogP contribution in [0.5, 0.6) is 0 Å². The minimum atomic E-state index is 0.572. The van der Waals surface area contributed by atoms with Gasteiger partial charge in [0.2, 0.25) is 0 Å². The molecule has 6 heteroatoms. The van der Waals surface area contributed by atoms with E-state index in [-0.39, 0.29) is 0 Å². The average molecular weight is 823 g/mol. The van der Waals surface area contributed by atoms with Crippen LogP contribution in [0.4, 0.5) is 0 Å². The number of rotatable bonds is 6. The van der Waals surface area contributed by atoms with Gasteiger partial charge in [-0.3, -0.25) is 0 Å². The predicted molar refractivity (Wildman–Crippen MR) is 262 cm³/mol. The van der Waals surface area contributed by atoms with Gasteiger partial charge in [0.05, 0.1) is 21.4 Å². The first-order chi connectivity index (χ1) is 31.2. The van der Waals surface area contributed by atoms with Crippen LogP contribution in [0, 0.1) is 0 Å². The molecule has 0 aliphatic heterocycles. The third kappa shape index (κ3) is 5.73. The summed E-state index contributed by atoms with van der Waals surface area (Å²) in [6, 6.07) is 72.7. The molecule has 9 aromatic carbocycles. The zero-order chi connectivity index (χ0) is 41.4. The first-order valence-corrected chi connectivity index (χ1v) is 21.9. The molecule has 0 spiro atoms. The monoisotopic (exact) mass is 822 g/mol. The molecule has 294 valence electrons. The number of aromatic nitrogens is 4. The highest BCUT2D eigenvalue weighted by molar-refractivity contribution is 7.26. The van der Waals surface area contributed by atoms with E-state index >= 15 is 0 Å². The second-order valence-corrected chi connectivity index (χ2v) is 17.0. The topological polar surface area (TPSA) is 56.7 Å². The van der Waals surface area contributed by atoms with Crippen molar-refractivity contribution < 1.29 is 4.42 Å². The normalized spacial score (nSPS) is 11.8. The van der Waals surface area contributed by atoms with Gasteiger partial charge in [-0.2, -0.15) is 0 Å².